The summed E-state index contributed by atoms with van der Waals surface area (Å²) in [6.07, 6.45) is 6.29. The number of carbonyl (C=O) groups is 1. The minimum absolute atomic E-state index is 0.150. The Hall–Kier alpha value is -1.43. The Morgan fingerprint density at radius 3 is 2.69 bits per heavy atom. The molecule has 1 saturated carbocycles. The first-order valence-electron chi connectivity index (χ1n) is 10.2. The molecule has 3 aliphatic rings. The molecule has 0 radical (unpaired) electrons. The van der Waals surface area contributed by atoms with Gasteiger partial charge in [-0.05, 0) is 18.4 Å². The van der Waals surface area contributed by atoms with Crippen LogP contribution < -0.4 is 5.32 Å². The molecule has 0 bridgehead atoms. The number of nitrogens with zero attached hydrogens (tertiary/aromatic N) is 2. The lowest BCUT2D eigenvalue weighted by Gasteiger charge is -2.53. The van der Waals surface area contributed by atoms with E-state index in [1.165, 1.54) is 37.7 Å². The Labute approximate surface area is 156 Å². The van der Waals surface area contributed by atoms with E-state index in [4.69, 9.17) is 4.74 Å². The summed E-state index contributed by atoms with van der Waals surface area (Å²) in [4.78, 5) is 17.8. The highest BCUT2D eigenvalue weighted by Crippen LogP contribution is 2.37. The average molecular weight is 357 g/mol. The minimum atomic E-state index is -0.162. The molecule has 2 saturated heterocycles. The zero-order valence-corrected chi connectivity index (χ0v) is 15.7. The van der Waals surface area contributed by atoms with Crippen molar-refractivity contribution in [3.05, 3.63) is 35.9 Å². The summed E-state index contributed by atoms with van der Waals surface area (Å²) in [5, 5.41) is 3.33. The van der Waals surface area contributed by atoms with Crippen molar-refractivity contribution in [1.82, 2.24) is 15.1 Å². The summed E-state index contributed by atoms with van der Waals surface area (Å²) in [6, 6.07) is 10.6. The summed E-state index contributed by atoms with van der Waals surface area (Å²) in [5.41, 5.74) is 1.52. The Balaban J connectivity index is 1.48. The van der Waals surface area contributed by atoms with E-state index < -0.39 is 0 Å². The van der Waals surface area contributed by atoms with Crippen molar-refractivity contribution in [2.45, 2.75) is 50.2 Å². The van der Waals surface area contributed by atoms with Gasteiger partial charge in [0.05, 0.1) is 13.2 Å². The molecule has 1 unspecified atom stereocenters. The van der Waals surface area contributed by atoms with Crippen LogP contribution in [0.1, 0.15) is 37.7 Å². The Kier molecular flexibility index (Phi) is 5.57. The smallest absolute Gasteiger partial charge is 0.242 e. The van der Waals surface area contributed by atoms with Crippen molar-refractivity contribution in [3.8, 4) is 0 Å². The Bertz CT molecular complexity index is 595. The molecule has 1 aromatic rings. The van der Waals surface area contributed by atoms with Gasteiger partial charge in [-0.1, -0.05) is 49.6 Å². The third-order valence-electron chi connectivity index (χ3n) is 6.33. The van der Waals surface area contributed by atoms with Crippen molar-refractivity contribution in [3.63, 3.8) is 0 Å². The highest BCUT2D eigenvalue weighted by Gasteiger charge is 2.44. The number of benzene rings is 1. The molecule has 5 nitrogen and oxygen atoms in total. The van der Waals surface area contributed by atoms with Crippen molar-refractivity contribution in [2.75, 3.05) is 39.4 Å². The van der Waals surface area contributed by atoms with Gasteiger partial charge < -0.3 is 15.0 Å². The van der Waals surface area contributed by atoms with Gasteiger partial charge in [0, 0.05) is 38.3 Å². The van der Waals surface area contributed by atoms with E-state index >= 15 is 0 Å². The van der Waals surface area contributed by atoms with E-state index in [0.29, 0.717) is 13.2 Å². The highest BCUT2D eigenvalue weighted by molar-refractivity contribution is 5.82. The molecule has 1 aliphatic carbocycles. The molecule has 142 valence electrons. The molecule has 1 aromatic carbocycles. The summed E-state index contributed by atoms with van der Waals surface area (Å²) in [6.45, 7) is 5.65. The van der Waals surface area contributed by atoms with Crippen molar-refractivity contribution < 1.29 is 9.53 Å². The third-order valence-corrected chi connectivity index (χ3v) is 6.33. The monoisotopic (exact) mass is 357 g/mol. The van der Waals surface area contributed by atoms with E-state index in [1.54, 1.807) is 0 Å². The van der Waals surface area contributed by atoms with Crippen LogP contribution in [0.2, 0.25) is 0 Å². The van der Waals surface area contributed by atoms with Crippen LogP contribution in [0.25, 0.3) is 0 Å². The first kappa shape index (κ1) is 18.0. The predicted octanol–water partition coefficient (Wildman–Crippen LogP) is 2.02. The van der Waals surface area contributed by atoms with Crippen LogP contribution in [0.15, 0.2) is 30.3 Å². The Morgan fingerprint density at radius 1 is 1.15 bits per heavy atom. The fraction of sp³-hybridized carbons (Fsp3) is 0.667. The number of morpholine rings is 1. The van der Waals surface area contributed by atoms with Crippen LogP contribution in [0, 0.1) is 0 Å². The van der Waals surface area contributed by atoms with Crippen LogP contribution in [0.3, 0.4) is 0 Å². The largest absolute Gasteiger partial charge is 0.378 e. The number of hydrogen-bond acceptors (Lipinski definition) is 4. The lowest BCUT2D eigenvalue weighted by atomic mass is 9.78. The van der Waals surface area contributed by atoms with Gasteiger partial charge in [-0.3, -0.25) is 9.69 Å². The number of rotatable bonds is 3. The molecule has 1 atom stereocenters. The second-order valence-corrected chi connectivity index (χ2v) is 8.03. The summed E-state index contributed by atoms with van der Waals surface area (Å²) in [7, 11) is 0. The number of carbonyl (C=O) groups excluding carboxylic acids is 1. The maximum Gasteiger partial charge on any atom is 0.242 e. The quantitative estimate of drug-likeness (QED) is 0.899. The number of amides is 1. The van der Waals surface area contributed by atoms with Crippen molar-refractivity contribution in [2.24, 2.45) is 0 Å². The summed E-state index contributed by atoms with van der Waals surface area (Å²) >= 11 is 0. The number of nitrogens with one attached hydrogen (secondary N) is 1. The van der Waals surface area contributed by atoms with E-state index in [2.05, 4.69) is 45.4 Å². The summed E-state index contributed by atoms with van der Waals surface area (Å²) < 4.78 is 5.51. The molecule has 1 amide bonds. The van der Waals surface area contributed by atoms with Gasteiger partial charge in [0.2, 0.25) is 5.91 Å². The van der Waals surface area contributed by atoms with E-state index in [-0.39, 0.29) is 17.5 Å². The first-order valence-corrected chi connectivity index (χ1v) is 10.2. The minimum Gasteiger partial charge on any atom is -0.378 e. The fourth-order valence-corrected chi connectivity index (χ4v) is 4.88. The van der Waals surface area contributed by atoms with E-state index in [0.717, 1.165) is 32.7 Å². The number of hydrogen-bond donors (Lipinski definition) is 1. The maximum absolute atomic E-state index is 13.0. The van der Waals surface area contributed by atoms with Gasteiger partial charge in [0.15, 0.2) is 0 Å². The van der Waals surface area contributed by atoms with Gasteiger partial charge >= 0.3 is 0 Å². The number of piperazine rings is 1. The average Bonchev–Trinajstić information content (AvgIpc) is 2.71. The summed E-state index contributed by atoms with van der Waals surface area (Å²) in [5.74, 6) is 0.231. The molecule has 1 spiro atoms. The van der Waals surface area contributed by atoms with Crippen LogP contribution >= 0.6 is 0 Å². The normalized spacial score (nSPS) is 26.8. The SMILES string of the molecule is O=C(C1COCCN1)N1CCN(Cc2ccccc2)C2(CCCCC2)C1. The Morgan fingerprint density at radius 2 is 1.96 bits per heavy atom. The molecule has 3 fully saturated rings. The molecular weight excluding hydrogens is 326 g/mol. The third kappa shape index (κ3) is 3.80. The fourth-order valence-electron chi connectivity index (χ4n) is 4.88. The van der Waals surface area contributed by atoms with Crippen molar-refractivity contribution in [1.29, 1.82) is 0 Å². The van der Waals surface area contributed by atoms with Gasteiger partial charge in [-0.2, -0.15) is 0 Å². The molecule has 5 heteroatoms. The number of ether oxygens (including phenoxy) is 1. The van der Waals surface area contributed by atoms with E-state index in [1.807, 2.05) is 0 Å². The van der Waals surface area contributed by atoms with E-state index in [9.17, 15) is 4.79 Å². The van der Waals surface area contributed by atoms with Gasteiger partial charge in [0.25, 0.3) is 0 Å². The lowest BCUT2D eigenvalue weighted by molar-refractivity contribution is -0.143. The van der Waals surface area contributed by atoms with Crippen LogP contribution in [-0.4, -0.2) is 66.7 Å². The van der Waals surface area contributed by atoms with Gasteiger partial charge in [0.1, 0.15) is 6.04 Å². The lowest BCUT2D eigenvalue weighted by Crippen LogP contribution is -2.65. The zero-order chi connectivity index (χ0) is 17.8. The standard InChI is InChI=1S/C21H31N3O2/c25-20(19-16-26-14-11-22-19)23-12-13-24(15-18-7-3-1-4-8-18)21(17-23)9-5-2-6-10-21/h1,3-4,7-8,19,22H,2,5-6,9-17H2. The van der Waals surface area contributed by atoms with Gasteiger partial charge in [-0.25, -0.2) is 0 Å². The van der Waals surface area contributed by atoms with Crippen LogP contribution in [-0.2, 0) is 16.1 Å². The highest BCUT2D eigenvalue weighted by atomic mass is 16.5. The topological polar surface area (TPSA) is 44.8 Å². The second kappa shape index (κ2) is 8.07. The van der Waals surface area contributed by atoms with Crippen molar-refractivity contribution >= 4 is 5.91 Å². The molecular formula is C21H31N3O2. The van der Waals surface area contributed by atoms with Crippen LogP contribution in [0.4, 0.5) is 0 Å². The molecule has 2 heterocycles. The molecule has 1 N–H and O–H groups in total. The molecule has 26 heavy (non-hydrogen) atoms. The first-order chi connectivity index (χ1) is 12.8. The van der Waals surface area contributed by atoms with Crippen LogP contribution in [0.5, 0.6) is 0 Å². The zero-order valence-electron chi connectivity index (χ0n) is 15.7. The predicted molar refractivity (Wildman–Crippen MR) is 102 cm³/mol. The molecule has 4 rings (SSSR count). The van der Waals surface area contributed by atoms with Gasteiger partial charge in [-0.15, -0.1) is 0 Å². The molecule has 2 aliphatic heterocycles. The molecule has 0 aromatic heterocycles. The maximum atomic E-state index is 13.0. The second-order valence-electron chi connectivity index (χ2n) is 8.03.